The molecule has 6 nitrogen and oxygen atoms in total. The van der Waals surface area contributed by atoms with Gasteiger partial charge in [-0.2, -0.15) is 0 Å². The van der Waals surface area contributed by atoms with Gasteiger partial charge in [-0.3, -0.25) is 9.59 Å². The summed E-state index contributed by atoms with van der Waals surface area (Å²) in [6, 6.07) is 16.3. The fourth-order valence-corrected chi connectivity index (χ4v) is 3.29. The van der Waals surface area contributed by atoms with Gasteiger partial charge in [-0.25, -0.2) is 4.98 Å². The van der Waals surface area contributed by atoms with Gasteiger partial charge < -0.3 is 15.0 Å². The number of carbonyl (C=O) groups excluding carboxylic acids is 1. The van der Waals surface area contributed by atoms with Crippen LogP contribution in [0.2, 0.25) is 0 Å². The maximum Gasteiger partial charge on any atom is 0.251 e. The van der Waals surface area contributed by atoms with Gasteiger partial charge in [0, 0.05) is 16.2 Å². The molecular weight excluding hydrogens is 442 g/mol. The van der Waals surface area contributed by atoms with E-state index in [-0.39, 0.29) is 23.8 Å². The third-order valence-electron chi connectivity index (χ3n) is 3.68. The standard InChI is InChI=1S/C20H18BrN3O3S/c1-13-9-14(7-8-17(13)21)22-19(26)12-28-20-23-15(10-18(25)24-20)11-27-16-5-3-2-4-6-16/h2-10H,11-12H2,1H3,(H,22,26)(H,23,24,25). The molecule has 1 amide bonds. The maximum atomic E-state index is 12.2. The fraction of sp³-hybridized carbons (Fsp3) is 0.150. The van der Waals surface area contributed by atoms with Crippen LogP contribution in [0.4, 0.5) is 5.69 Å². The molecule has 2 aromatic carbocycles. The molecular formula is C20H18BrN3O3S. The highest BCUT2D eigenvalue weighted by molar-refractivity contribution is 9.10. The number of benzene rings is 2. The van der Waals surface area contributed by atoms with E-state index < -0.39 is 0 Å². The molecule has 0 aliphatic heterocycles. The quantitative estimate of drug-likeness (QED) is 0.409. The van der Waals surface area contributed by atoms with Gasteiger partial charge >= 0.3 is 0 Å². The van der Waals surface area contributed by atoms with Gasteiger partial charge in [-0.15, -0.1) is 0 Å². The van der Waals surface area contributed by atoms with Gasteiger partial charge in [-0.1, -0.05) is 45.9 Å². The lowest BCUT2D eigenvalue weighted by molar-refractivity contribution is -0.113. The number of aryl methyl sites for hydroxylation is 1. The van der Waals surface area contributed by atoms with Gasteiger partial charge in [0.25, 0.3) is 5.56 Å². The van der Waals surface area contributed by atoms with Crippen molar-refractivity contribution in [1.29, 1.82) is 0 Å². The molecule has 0 saturated heterocycles. The summed E-state index contributed by atoms with van der Waals surface area (Å²) in [7, 11) is 0. The van der Waals surface area contributed by atoms with Crippen LogP contribution < -0.4 is 15.6 Å². The number of amides is 1. The number of nitrogens with zero attached hydrogens (tertiary/aromatic N) is 1. The highest BCUT2D eigenvalue weighted by atomic mass is 79.9. The molecule has 28 heavy (non-hydrogen) atoms. The van der Waals surface area contributed by atoms with Crippen LogP contribution in [0.1, 0.15) is 11.3 Å². The number of nitrogens with one attached hydrogen (secondary N) is 2. The van der Waals surface area contributed by atoms with Gasteiger partial charge in [0.2, 0.25) is 5.91 Å². The van der Waals surface area contributed by atoms with Gasteiger partial charge in [0.1, 0.15) is 12.4 Å². The number of anilines is 1. The highest BCUT2D eigenvalue weighted by Gasteiger charge is 2.08. The van der Waals surface area contributed by atoms with Gasteiger partial charge in [0.05, 0.1) is 11.4 Å². The first kappa shape index (κ1) is 20.2. The number of aromatic amines is 1. The van der Waals surface area contributed by atoms with Crippen LogP contribution in [-0.2, 0) is 11.4 Å². The van der Waals surface area contributed by atoms with Gasteiger partial charge in [0.15, 0.2) is 5.16 Å². The zero-order chi connectivity index (χ0) is 19.9. The lowest BCUT2D eigenvalue weighted by Crippen LogP contribution is -2.16. The number of ether oxygens (including phenoxy) is 1. The molecule has 0 spiro atoms. The minimum absolute atomic E-state index is 0.126. The van der Waals surface area contributed by atoms with E-state index in [0.717, 1.165) is 27.5 Å². The molecule has 0 bridgehead atoms. The van der Waals surface area contributed by atoms with Crippen LogP contribution in [0.3, 0.4) is 0 Å². The van der Waals surface area contributed by atoms with Crippen LogP contribution >= 0.6 is 27.7 Å². The Hall–Kier alpha value is -2.58. The lowest BCUT2D eigenvalue weighted by atomic mass is 10.2. The lowest BCUT2D eigenvalue weighted by Gasteiger charge is -2.08. The second-order valence-electron chi connectivity index (χ2n) is 5.94. The second kappa shape index (κ2) is 9.57. The first-order valence-corrected chi connectivity index (χ1v) is 10.2. The normalized spacial score (nSPS) is 10.5. The third kappa shape index (κ3) is 5.97. The Labute approximate surface area is 174 Å². The van der Waals surface area contributed by atoms with Crippen molar-refractivity contribution >= 4 is 39.3 Å². The zero-order valence-corrected chi connectivity index (χ0v) is 17.5. The number of thioether (sulfide) groups is 1. The molecule has 3 rings (SSSR count). The fourth-order valence-electron chi connectivity index (χ4n) is 2.35. The Kier molecular flexibility index (Phi) is 6.89. The van der Waals surface area contributed by atoms with E-state index in [9.17, 15) is 9.59 Å². The van der Waals surface area contributed by atoms with E-state index in [4.69, 9.17) is 4.74 Å². The van der Waals surface area contributed by atoms with Crippen molar-refractivity contribution in [3.05, 3.63) is 80.7 Å². The summed E-state index contributed by atoms with van der Waals surface area (Å²) in [5.74, 6) is 0.643. The number of carbonyl (C=O) groups is 1. The minimum Gasteiger partial charge on any atom is -0.487 e. The molecule has 0 radical (unpaired) electrons. The monoisotopic (exact) mass is 459 g/mol. The van der Waals surface area contributed by atoms with Crippen molar-refractivity contribution < 1.29 is 9.53 Å². The first-order chi connectivity index (χ1) is 13.5. The minimum atomic E-state index is -0.284. The molecule has 0 aliphatic rings. The largest absolute Gasteiger partial charge is 0.487 e. The molecule has 8 heteroatoms. The summed E-state index contributed by atoms with van der Waals surface area (Å²) >= 11 is 4.59. The average Bonchev–Trinajstić information content (AvgIpc) is 2.68. The van der Waals surface area contributed by atoms with Gasteiger partial charge in [-0.05, 0) is 42.8 Å². The van der Waals surface area contributed by atoms with Crippen molar-refractivity contribution in [3.63, 3.8) is 0 Å². The zero-order valence-electron chi connectivity index (χ0n) is 15.1. The Morgan fingerprint density at radius 1 is 1.21 bits per heavy atom. The predicted molar refractivity (Wildman–Crippen MR) is 114 cm³/mol. The molecule has 0 atom stereocenters. The summed E-state index contributed by atoms with van der Waals surface area (Å²) in [5.41, 5.74) is 1.97. The van der Waals surface area contributed by atoms with Crippen LogP contribution in [0.15, 0.2) is 69.0 Å². The Morgan fingerprint density at radius 2 is 2.00 bits per heavy atom. The number of halogens is 1. The summed E-state index contributed by atoms with van der Waals surface area (Å²) in [6.07, 6.45) is 0. The molecule has 0 aliphatic carbocycles. The van der Waals surface area contributed by atoms with E-state index in [2.05, 4.69) is 31.2 Å². The van der Waals surface area contributed by atoms with Crippen molar-refractivity contribution in [3.8, 4) is 5.75 Å². The van der Waals surface area contributed by atoms with Crippen molar-refractivity contribution in [2.75, 3.05) is 11.1 Å². The number of hydrogen-bond acceptors (Lipinski definition) is 5. The second-order valence-corrected chi connectivity index (χ2v) is 7.76. The number of para-hydroxylation sites is 1. The van der Waals surface area contributed by atoms with E-state index >= 15 is 0 Å². The smallest absolute Gasteiger partial charge is 0.251 e. The molecule has 1 heterocycles. The molecule has 0 saturated carbocycles. The van der Waals surface area contributed by atoms with Crippen LogP contribution in [0.5, 0.6) is 5.75 Å². The summed E-state index contributed by atoms with van der Waals surface area (Å²) in [6.45, 7) is 2.12. The van der Waals surface area contributed by atoms with Crippen LogP contribution in [0.25, 0.3) is 0 Å². The average molecular weight is 460 g/mol. The van der Waals surface area contributed by atoms with Crippen molar-refractivity contribution in [2.45, 2.75) is 18.7 Å². The molecule has 144 valence electrons. The SMILES string of the molecule is Cc1cc(NC(=O)CSc2nc(COc3ccccc3)cc(=O)[nH]2)ccc1Br. The van der Waals surface area contributed by atoms with E-state index in [1.54, 1.807) is 0 Å². The number of hydrogen-bond donors (Lipinski definition) is 2. The molecule has 1 aromatic heterocycles. The van der Waals surface area contributed by atoms with Crippen LogP contribution in [0, 0.1) is 6.92 Å². The summed E-state index contributed by atoms with van der Waals surface area (Å²) < 4.78 is 6.60. The topological polar surface area (TPSA) is 84.1 Å². The first-order valence-electron chi connectivity index (χ1n) is 8.46. The molecule has 3 aromatic rings. The van der Waals surface area contributed by atoms with E-state index in [0.29, 0.717) is 16.6 Å². The number of aromatic nitrogens is 2. The predicted octanol–water partition coefficient (Wildman–Crippen LogP) is 4.15. The highest BCUT2D eigenvalue weighted by Crippen LogP contribution is 2.20. The van der Waals surface area contributed by atoms with Crippen molar-refractivity contribution in [1.82, 2.24) is 9.97 Å². The Bertz CT molecular complexity index is 1020. The Balaban J connectivity index is 1.57. The number of rotatable bonds is 7. The maximum absolute atomic E-state index is 12.2. The molecule has 2 N–H and O–H groups in total. The third-order valence-corrected chi connectivity index (χ3v) is 5.45. The van der Waals surface area contributed by atoms with E-state index in [1.165, 1.54) is 6.07 Å². The molecule has 0 unspecified atom stereocenters. The van der Waals surface area contributed by atoms with Crippen molar-refractivity contribution in [2.24, 2.45) is 0 Å². The van der Waals surface area contributed by atoms with E-state index in [1.807, 2.05) is 55.5 Å². The summed E-state index contributed by atoms with van der Waals surface area (Å²) in [4.78, 5) is 31.0. The Morgan fingerprint density at radius 3 is 2.75 bits per heavy atom. The van der Waals surface area contributed by atoms with Crippen LogP contribution in [-0.4, -0.2) is 21.6 Å². The summed E-state index contributed by atoms with van der Waals surface area (Å²) in [5, 5.41) is 3.21. The number of H-pyrrole nitrogens is 1. The molecule has 0 fully saturated rings.